The van der Waals surface area contributed by atoms with Crippen LogP contribution in [0.25, 0.3) is 0 Å². The van der Waals surface area contributed by atoms with Gasteiger partial charge in [0, 0.05) is 32.5 Å². The predicted octanol–water partition coefficient (Wildman–Crippen LogP) is 3.94. The Labute approximate surface area is 148 Å². The summed E-state index contributed by atoms with van der Waals surface area (Å²) in [5.41, 5.74) is 0. The van der Waals surface area contributed by atoms with Crippen LogP contribution in [0.3, 0.4) is 0 Å². The molecule has 2 N–H and O–H groups in total. The van der Waals surface area contributed by atoms with E-state index in [0.29, 0.717) is 5.88 Å². The third-order valence-electron chi connectivity index (χ3n) is 1.72. The summed E-state index contributed by atoms with van der Waals surface area (Å²) in [6.07, 6.45) is 0. The van der Waals surface area contributed by atoms with Crippen molar-refractivity contribution in [2.75, 3.05) is 50.7 Å². The highest BCUT2D eigenvalue weighted by Gasteiger charge is 2.01. The van der Waals surface area contributed by atoms with E-state index in [1.807, 2.05) is 35.3 Å². The molecule has 0 bridgehead atoms. The maximum atomic E-state index is 11.4. The number of hydrogen-bond donors (Lipinski definition) is 2. The number of nitrogens with one attached hydrogen (secondary N) is 1. The zero-order valence-electron chi connectivity index (χ0n) is 11.7. The second-order valence-electron chi connectivity index (χ2n) is 3.25. The van der Waals surface area contributed by atoms with E-state index in [2.05, 4.69) is 12.2 Å². The number of aliphatic hydroxyl groups excluding tert-OH is 1. The Morgan fingerprint density at radius 2 is 1.65 bits per heavy atom. The number of amides is 1. The van der Waals surface area contributed by atoms with Gasteiger partial charge in [0.05, 0.1) is 12.5 Å². The van der Waals surface area contributed by atoms with Crippen molar-refractivity contribution >= 4 is 75.8 Å². The van der Waals surface area contributed by atoms with Gasteiger partial charge in [0.2, 0.25) is 0 Å². The molecule has 3 nitrogen and oxygen atoms in total. The first-order valence-corrected chi connectivity index (χ1v) is 13.0. The topological polar surface area (TPSA) is 49.3 Å². The van der Waals surface area contributed by atoms with Crippen molar-refractivity contribution in [1.82, 2.24) is 5.32 Å². The number of hydrogen-bond acceptors (Lipinski definition) is 8. The summed E-state index contributed by atoms with van der Waals surface area (Å²) in [6.45, 7) is 2.39. The first-order chi connectivity index (χ1) is 9.81. The quantitative estimate of drug-likeness (QED) is 0.340. The number of aliphatic hydroxyl groups is 1. The van der Waals surface area contributed by atoms with E-state index in [4.69, 9.17) is 5.11 Å². The van der Waals surface area contributed by atoms with Crippen molar-refractivity contribution in [2.24, 2.45) is 0 Å². The zero-order valence-corrected chi connectivity index (χ0v) is 16.6. The van der Waals surface area contributed by atoms with E-state index in [-0.39, 0.29) is 11.8 Å². The van der Waals surface area contributed by atoms with Crippen molar-refractivity contribution in [1.29, 1.82) is 0 Å². The minimum absolute atomic E-state index is 0.0563. The molecule has 0 aromatic rings. The van der Waals surface area contributed by atoms with Gasteiger partial charge in [0.1, 0.15) is 0 Å². The molecule has 0 saturated heterocycles. The number of thioether (sulfide) groups is 6. The molecule has 0 spiro atoms. The van der Waals surface area contributed by atoms with Crippen LogP contribution in [0.2, 0.25) is 0 Å². The van der Waals surface area contributed by atoms with Gasteiger partial charge in [-0.15, -0.1) is 35.3 Å². The molecule has 0 rings (SSSR count). The van der Waals surface area contributed by atoms with E-state index in [1.54, 1.807) is 23.5 Å². The van der Waals surface area contributed by atoms with Gasteiger partial charge in [-0.05, 0) is 5.75 Å². The summed E-state index contributed by atoms with van der Waals surface area (Å²) < 4.78 is 0. The van der Waals surface area contributed by atoms with Gasteiger partial charge >= 0.3 is 0 Å². The normalized spacial score (nSPS) is 10.7. The lowest BCUT2D eigenvalue weighted by molar-refractivity contribution is 0.262. The lowest BCUT2D eigenvalue weighted by Gasteiger charge is -2.04. The largest absolute Gasteiger partial charge is 0.396 e. The molecule has 0 aliphatic heterocycles. The molecule has 0 fully saturated rings. The maximum Gasteiger partial charge on any atom is 0.279 e. The van der Waals surface area contributed by atoms with Crippen LogP contribution in [0.15, 0.2) is 0 Å². The molecule has 0 aromatic heterocycles. The first-order valence-electron chi connectivity index (χ1n) is 6.21. The number of rotatable bonds is 14. The molecule has 0 aliphatic carbocycles. The molecule has 0 atom stereocenters. The Kier molecular flexibility index (Phi) is 20.0. The summed E-state index contributed by atoms with van der Waals surface area (Å²) >= 11 is 10.6. The number of carbonyl (C=O) groups excluding carboxylic acids is 1. The molecule has 0 radical (unpaired) electrons. The van der Waals surface area contributed by atoms with Crippen LogP contribution in [0.4, 0.5) is 4.79 Å². The predicted molar refractivity (Wildman–Crippen MR) is 106 cm³/mol. The fourth-order valence-electron chi connectivity index (χ4n) is 0.891. The average molecular weight is 394 g/mol. The molecule has 0 aliphatic rings. The zero-order chi connectivity index (χ0) is 14.9. The molecular formula is C11H23NO2S6. The Hall–Kier alpha value is 1.53. The third-order valence-corrected chi connectivity index (χ3v) is 8.51. The molecule has 0 saturated carbocycles. The SMILES string of the molecule is CCSCSCSCSCNC(=O)SCCSCCO. The first kappa shape index (κ1) is 21.5. The Morgan fingerprint density at radius 3 is 2.35 bits per heavy atom. The summed E-state index contributed by atoms with van der Waals surface area (Å²) in [4.78, 5) is 11.4. The van der Waals surface area contributed by atoms with E-state index in [9.17, 15) is 4.79 Å². The van der Waals surface area contributed by atoms with Crippen molar-refractivity contribution in [3.05, 3.63) is 0 Å². The molecule has 9 heteroatoms. The fraction of sp³-hybridized carbons (Fsp3) is 0.909. The maximum absolute atomic E-state index is 11.4. The molecule has 1 amide bonds. The Bertz CT molecular complexity index is 223. The van der Waals surface area contributed by atoms with E-state index in [0.717, 1.165) is 27.4 Å². The average Bonchev–Trinajstić information content (AvgIpc) is 2.45. The summed E-state index contributed by atoms with van der Waals surface area (Å²) in [7, 11) is 0. The molecule has 0 heterocycles. The van der Waals surface area contributed by atoms with Crippen LogP contribution in [0.5, 0.6) is 0 Å². The minimum atomic E-state index is 0.0563. The van der Waals surface area contributed by atoms with Gasteiger partial charge < -0.3 is 10.4 Å². The van der Waals surface area contributed by atoms with Gasteiger partial charge in [-0.2, -0.15) is 23.5 Å². The van der Waals surface area contributed by atoms with Gasteiger partial charge in [-0.25, -0.2) is 0 Å². The molecule has 20 heavy (non-hydrogen) atoms. The molecular weight excluding hydrogens is 371 g/mol. The van der Waals surface area contributed by atoms with Crippen LogP contribution < -0.4 is 5.32 Å². The lowest BCUT2D eigenvalue weighted by atomic mass is 10.9. The minimum Gasteiger partial charge on any atom is -0.396 e. The van der Waals surface area contributed by atoms with Crippen LogP contribution >= 0.6 is 70.6 Å². The van der Waals surface area contributed by atoms with Gasteiger partial charge in [0.15, 0.2) is 0 Å². The van der Waals surface area contributed by atoms with Gasteiger partial charge in [-0.1, -0.05) is 18.7 Å². The van der Waals surface area contributed by atoms with E-state index >= 15 is 0 Å². The Morgan fingerprint density at radius 1 is 0.950 bits per heavy atom. The summed E-state index contributed by atoms with van der Waals surface area (Å²) in [6, 6.07) is 0. The standard InChI is InChI=1S/C11H23NO2S6/c1-2-15-8-18-10-19-9-17-7-12-11(14)20-6-5-16-4-3-13/h13H,2-10H2,1H3,(H,12,14). The van der Waals surface area contributed by atoms with E-state index in [1.165, 1.54) is 22.6 Å². The Balaban J connectivity index is 3.11. The molecule has 0 aromatic carbocycles. The lowest BCUT2D eigenvalue weighted by Crippen LogP contribution is -2.18. The van der Waals surface area contributed by atoms with Gasteiger partial charge in [0.25, 0.3) is 5.24 Å². The van der Waals surface area contributed by atoms with Crippen LogP contribution in [-0.4, -0.2) is 61.1 Å². The molecule has 0 unspecified atom stereocenters. The van der Waals surface area contributed by atoms with Crippen molar-refractivity contribution < 1.29 is 9.90 Å². The molecule has 120 valence electrons. The van der Waals surface area contributed by atoms with Crippen molar-refractivity contribution in [3.8, 4) is 0 Å². The second-order valence-corrected chi connectivity index (χ2v) is 10.9. The van der Waals surface area contributed by atoms with Gasteiger partial charge in [-0.3, -0.25) is 4.79 Å². The summed E-state index contributed by atoms with van der Waals surface area (Å²) in [5.74, 6) is 4.35. The highest BCUT2D eigenvalue weighted by molar-refractivity contribution is 8.26. The third kappa shape index (κ3) is 17.6. The van der Waals surface area contributed by atoms with Crippen LogP contribution in [0, 0.1) is 0 Å². The van der Waals surface area contributed by atoms with Crippen LogP contribution in [-0.2, 0) is 0 Å². The highest BCUT2D eigenvalue weighted by atomic mass is 32.2. The number of carbonyl (C=O) groups is 1. The summed E-state index contributed by atoms with van der Waals surface area (Å²) in [5, 5.41) is 14.9. The second kappa shape index (κ2) is 18.6. The van der Waals surface area contributed by atoms with Crippen LogP contribution in [0.1, 0.15) is 6.92 Å². The van der Waals surface area contributed by atoms with Crippen molar-refractivity contribution in [3.63, 3.8) is 0 Å². The monoisotopic (exact) mass is 393 g/mol. The van der Waals surface area contributed by atoms with E-state index < -0.39 is 0 Å². The van der Waals surface area contributed by atoms with Crippen molar-refractivity contribution in [2.45, 2.75) is 6.92 Å². The fourth-order valence-corrected chi connectivity index (χ4v) is 6.90. The smallest absolute Gasteiger partial charge is 0.279 e. The highest BCUT2D eigenvalue weighted by Crippen LogP contribution is 2.20.